The monoisotopic (exact) mass is 152 g/mol. The fraction of sp³-hybridized carbons (Fsp3) is 0. The van der Waals surface area contributed by atoms with Crippen LogP contribution in [0.5, 0.6) is 0 Å². The molecule has 3 heteroatoms. The summed E-state index contributed by atoms with van der Waals surface area (Å²) in [5, 5.41) is 0. The maximum absolute atomic E-state index is 6.75. The first-order valence-electron chi connectivity index (χ1n) is 2.01. The number of pyridine rings is 1. The molecule has 0 aromatic carbocycles. The molecular formula is C5H6FeNO. The summed E-state index contributed by atoms with van der Waals surface area (Å²) in [6, 6.07) is 5.72. The fourth-order valence-corrected chi connectivity index (χ4v) is 0.313. The van der Waals surface area contributed by atoms with Gasteiger partial charge in [0.1, 0.15) is 0 Å². The second-order valence-electron chi connectivity index (χ2n) is 1.02. The van der Waals surface area contributed by atoms with E-state index >= 15 is 0 Å². The van der Waals surface area contributed by atoms with Crippen molar-refractivity contribution < 1.29 is 20.5 Å². The minimum absolute atomic E-state index is 1.75. The molecule has 0 atom stereocenters. The molecule has 45 valence electrons. The summed E-state index contributed by atoms with van der Waals surface area (Å²) < 4.78 is 6.75. The first-order valence-corrected chi connectivity index (χ1v) is 2.50. The number of hydrogen-bond acceptors (Lipinski definition) is 2. The van der Waals surface area contributed by atoms with Crippen molar-refractivity contribution in [2.24, 2.45) is 0 Å². The Morgan fingerprint density at radius 2 is 1.50 bits per heavy atom. The third-order valence-electron chi connectivity index (χ3n) is 0.566. The molecule has 1 N–H and O–H groups in total. The molecule has 2 nitrogen and oxygen atoms in total. The first-order chi connectivity index (χ1) is 4.00. The summed E-state index contributed by atoms with van der Waals surface area (Å²) in [6.45, 7) is 0. The standard InChI is InChI=1S/C5H5N.Fe.H2O/c1-2-4-6-5-3-1;;/h1-5H;;1H2/q;+1;/p-1. The molecule has 8 heavy (non-hydrogen) atoms. The first kappa shape index (κ1) is 7.63. The van der Waals surface area contributed by atoms with E-state index in [0.717, 1.165) is 0 Å². The van der Waals surface area contributed by atoms with E-state index in [4.69, 9.17) is 4.19 Å². The van der Waals surface area contributed by atoms with Gasteiger partial charge in [0, 0.05) is 12.4 Å². The predicted molar refractivity (Wildman–Crippen MR) is 26.5 cm³/mol. The fourth-order valence-electron chi connectivity index (χ4n) is 0.313. The van der Waals surface area contributed by atoms with Gasteiger partial charge in [-0.15, -0.1) is 0 Å². The Balaban J connectivity index is 0.000000222. The molecule has 0 fully saturated rings. The summed E-state index contributed by atoms with van der Waals surface area (Å²) in [5.41, 5.74) is 0. The molecule has 0 unspecified atom stereocenters. The van der Waals surface area contributed by atoms with Gasteiger partial charge in [-0.2, -0.15) is 0 Å². The van der Waals surface area contributed by atoms with Gasteiger partial charge in [-0.1, -0.05) is 6.07 Å². The van der Waals surface area contributed by atoms with Crippen molar-refractivity contribution in [1.29, 1.82) is 0 Å². The van der Waals surface area contributed by atoms with E-state index in [1.165, 1.54) is 0 Å². The van der Waals surface area contributed by atoms with Gasteiger partial charge >= 0.3 is 20.5 Å². The van der Waals surface area contributed by atoms with Gasteiger partial charge < -0.3 is 0 Å². The molecule has 1 aromatic heterocycles. The molecule has 0 spiro atoms. The molecule has 0 aliphatic carbocycles. The number of rotatable bonds is 0. The van der Waals surface area contributed by atoms with Gasteiger partial charge in [-0.25, -0.2) is 0 Å². The van der Waals surface area contributed by atoms with E-state index in [1.807, 2.05) is 18.2 Å². The Hall–Kier alpha value is -0.371. The Kier molecular flexibility index (Phi) is 6.32. The van der Waals surface area contributed by atoms with Crippen molar-refractivity contribution in [2.45, 2.75) is 0 Å². The van der Waals surface area contributed by atoms with Crippen molar-refractivity contribution in [1.82, 2.24) is 4.98 Å². The number of aromatic nitrogens is 1. The average molecular weight is 152 g/mol. The molecule has 0 saturated heterocycles. The van der Waals surface area contributed by atoms with E-state index in [2.05, 4.69) is 21.3 Å². The topological polar surface area (TPSA) is 33.1 Å². The Morgan fingerprint density at radius 1 is 1.00 bits per heavy atom. The quantitative estimate of drug-likeness (QED) is 0.549. The predicted octanol–water partition coefficient (Wildman–Crippen LogP) is 0.522. The minimum atomic E-state index is 1.75. The van der Waals surface area contributed by atoms with Crippen LogP contribution in [-0.4, -0.2) is 9.17 Å². The van der Waals surface area contributed by atoms with Crippen LogP contribution >= 0.6 is 0 Å². The zero-order valence-electron chi connectivity index (χ0n) is 4.13. The smallest absolute Gasteiger partial charge is 0.0267 e. The molecule has 1 aromatic rings. The maximum Gasteiger partial charge on any atom is 0.0267 e. The van der Waals surface area contributed by atoms with Gasteiger partial charge in [0.05, 0.1) is 0 Å². The van der Waals surface area contributed by atoms with Gasteiger partial charge in [-0.3, -0.25) is 4.98 Å². The zero-order valence-corrected chi connectivity index (χ0v) is 5.24. The Morgan fingerprint density at radius 3 is 1.62 bits per heavy atom. The third kappa shape index (κ3) is 3.81. The maximum atomic E-state index is 6.75. The average Bonchev–Trinajstić information content (AvgIpc) is 1.96. The largest absolute Gasteiger partial charge is 0.265 e. The van der Waals surface area contributed by atoms with Crippen LogP contribution in [0.2, 0.25) is 0 Å². The summed E-state index contributed by atoms with van der Waals surface area (Å²) in [4.78, 5) is 3.78. The summed E-state index contributed by atoms with van der Waals surface area (Å²) >= 11 is 2.25. The van der Waals surface area contributed by atoms with Crippen LogP contribution in [0, 0.1) is 0 Å². The zero-order chi connectivity index (χ0) is 6.24. The van der Waals surface area contributed by atoms with Crippen LogP contribution in [0.25, 0.3) is 0 Å². The Labute approximate surface area is 56.7 Å². The van der Waals surface area contributed by atoms with E-state index < -0.39 is 0 Å². The van der Waals surface area contributed by atoms with Crippen molar-refractivity contribution in [3.8, 4) is 0 Å². The summed E-state index contributed by atoms with van der Waals surface area (Å²) in [7, 11) is 0. The second kappa shape index (κ2) is 6.63. The van der Waals surface area contributed by atoms with Crippen LogP contribution in [0.1, 0.15) is 0 Å². The van der Waals surface area contributed by atoms with Crippen molar-refractivity contribution in [3.05, 3.63) is 30.6 Å². The van der Waals surface area contributed by atoms with Gasteiger partial charge in [-0.05, 0) is 12.1 Å². The van der Waals surface area contributed by atoms with Crippen LogP contribution in [0.15, 0.2) is 30.6 Å². The minimum Gasteiger partial charge on any atom is -0.265 e. The van der Waals surface area contributed by atoms with Crippen molar-refractivity contribution in [2.75, 3.05) is 0 Å². The second-order valence-corrected chi connectivity index (χ2v) is 1.02. The van der Waals surface area contributed by atoms with E-state index in [0.29, 0.717) is 0 Å². The van der Waals surface area contributed by atoms with E-state index in [1.54, 1.807) is 12.4 Å². The van der Waals surface area contributed by atoms with Gasteiger partial charge in [0.15, 0.2) is 0 Å². The van der Waals surface area contributed by atoms with Crippen LogP contribution in [0.3, 0.4) is 0 Å². The molecule has 0 aliphatic rings. The number of hydrogen-bond donors (Lipinski definition) is 1. The molecule has 1 rings (SSSR count). The third-order valence-corrected chi connectivity index (χ3v) is 0.566. The van der Waals surface area contributed by atoms with Crippen molar-refractivity contribution in [3.63, 3.8) is 0 Å². The van der Waals surface area contributed by atoms with Gasteiger partial charge in [0.2, 0.25) is 0 Å². The summed E-state index contributed by atoms with van der Waals surface area (Å²) in [5.74, 6) is 0. The van der Waals surface area contributed by atoms with Crippen LogP contribution in [-0.2, 0) is 16.3 Å². The molecule has 0 radical (unpaired) electrons. The SMILES string of the molecule is [OH][Fe].c1ccncc1. The Bertz CT molecular complexity index is 84.4. The van der Waals surface area contributed by atoms with Crippen LogP contribution in [0.4, 0.5) is 0 Å². The molecule has 0 saturated carbocycles. The number of nitrogens with zero attached hydrogens (tertiary/aromatic N) is 1. The van der Waals surface area contributed by atoms with E-state index in [9.17, 15) is 0 Å². The summed E-state index contributed by atoms with van der Waals surface area (Å²) in [6.07, 6.45) is 3.50. The molecule has 1 heterocycles. The molecule has 0 aliphatic heterocycles. The molecule has 0 bridgehead atoms. The normalized spacial score (nSPS) is 6.75. The van der Waals surface area contributed by atoms with Crippen molar-refractivity contribution >= 4 is 0 Å². The van der Waals surface area contributed by atoms with E-state index in [-0.39, 0.29) is 0 Å². The molecule has 0 amide bonds. The van der Waals surface area contributed by atoms with Crippen LogP contribution < -0.4 is 0 Å². The van der Waals surface area contributed by atoms with Gasteiger partial charge in [0.25, 0.3) is 0 Å². The molecular weight excluding hydrogens is 146 g/mol.